The summed E-state index contributed by atoms with van der Waals surface area (Å²) in [4.78, 5) is 18.6. The number of oxime groups is 1. The molecular weight excluding hydrogens is 327 g/mol. The summed E-state index contributed by atoms with van der Waals surface area (Å²) >= 11 is 11.9. The Kier molecular flexibility index (Phi) is 6.06. The van der Waals surface area contributed by atoms with E-state index in [9.17, 15) is 9.90 Å². The summed E-state index contributed by atoms with van der Waals surface area (Å²) in [5.74, 6) is 0.000383. The molecule has 1 fully saturated rings. The average molecular weight is 345 g/mol. The van der Waals surface area contributed by atoms with Crippen LogP contribution in [0.3, 0.4) is 0 Å². The summed E-state index contributed by atoms with van der Waals surface area (Å²) in [6, 6.07) is 5.17. The van der Waals surface area contributed by atoms with Crippen LogP contribution in [-0.4, -0.2) is 47.9 Å². The molecule has 0 saturated carbocycles. The van der Waals surface area contributed by atoms with Crippen molar-refractivity contribution in [3.8, 4) is 0 Å². The topological polar surface area (TPSA) is 62.1 Å². The van der Waals surface area contributed by atoms with E-state index in [4.69, 9.17) is 28.0 Å². The Hall–Kier alpha value is -1.30. The molecule has 2 rings (SSSR count). The maximum atomic E-state index is 12.1. The zero-order valence-electron chi connectivity index (χ0n) is 12.3. The highest BCUT2D eigenvalue weighted by molar-refractivity contribution is 6.42. The van der Waals surface area contributed by atoms with Crippen LogP contribution < -0.4 is 0 Å². The van der Waals surface area contributed by atoms with Gasteiger partial charge in [-0.25, -0.2) is 0 Å². The van der Waals surface area contributed by atoms with Crippen LogP contribution >= 0.6 is 23.2 Å². The molecular formula is C15H18Cl2N2O3. The van der Waals surface area contributed by atoms with Gasteiger partial charge in [0.25, 0.3) is 0 Å². The summed E-state index contributed by atoms with van der Waals surface area (Å²) in [6.07, 6.45) is 0.954. The van der Waals surface area contributed by atoms with Gasteiger partial charge in [-0.1, -0.05) is 34.4 Å². The Morgan fingerprint density at radius 2 is 2.18 bits per heavy atom. The molecule has 1 unspecified atom stereocenters. The second kappa shape index (κ2) is 7.81. The van der Waals surface area contributed by atoms with E-state index in [2.05, 4.69) is 5.16 Å². The Bertz CT molecular complexity index is 578. The molecule has 0 radical (unpaired) electrons. The number of likely N-dealkylation sites (tertiary alicyclic amines) is 1. The van der Waals surface area contributed by atoms with E-state index in [1.54, 1.807) is 23.1 Å². The molecule has 1 atom stereocenters. The molecule has 7 heteroatoms. The van der Waals surface area contributed by atoms with Crippen molar-refractivity contribution in [1.29, 1.82) is 0 Å². The van der Waals surface area contributed by atoms with Gasteiger partial charge < -0.3 is 14.8 Å². The number of aliphatic hydroxyl groups excluding tert-OH is 1. The van der Waals surface area contributed by atoms with E-state index >= 15 is 0 Å². The van der Waals surface area contributed by atoms with Crippen molar-refractivity contribution in [2.45, 2.75) is 25.4 Å². The minimum absolute atomic E-state index is 0.000383. The van der Waals surface area contributed by atoms with Gasteiger partial charge in [0.15, 0.2) is 0 Å². The van der Waals surface area contributed by atoms with Crippen LogP contribution in [0, 0.1) is 0 Å². The third kappa shape index (κ3) is 4.35. The first-order chi connectivity index (χ1) is 10.5. The van der Waals surface area contributed by atoms with Crippen molar-refractivity contribution < 1.29 is 14.7 Å². The van der Waals surface area contributed by atoms with Crippen molar-refractivity contribution in [2.24, 2.45) is 5.16 Å². The summed E-state index contributed by atoms with van der Waals surface area (Å²) in [5, 5.41) is 14.3. The molecule has 1 N–H and O–H groups in total. The highest BCUT2D eigenvalue weighted by Crippen LogP contribution is 2.24. The first kappa shape index (κ1) is 17.1. The van der Waals surface area contributed by atoms with E-state index < -0.39 is 6.10 Å². The molecule has 22 heavy (non-hydrogen) atoms. The van der Waals surface area contributed by atoms with Gasteiger partial charge in [0.1, 0.15) is 7.11 Å². The largest absolute Gasteiger partial charge is 0.399 e. The summed E-state index contributed by atoms with van der Waals surface area (Å²) in [7, 11) is 1.45. The molecule has 0 aromatic heterocycles. The van der Waals surface area contributed by atoms with Crippen LogP contribution in [0.15, 0.2) is 23.4 Å². The minimum atomic E-state index is -0.411. The molecule has 1 saturated heterocycles. The second-order valence-corrected chi connectivity index (χ2v) is 5.95. The maximum Gasteiger partial charge on any atom is 0.223 e. The quantitative estimate of drug-likeness (QED) is 0.659. The number of carbonyl (C=O) groups excluding carboxylic acids is 1. The van der Waals surface area contributed by atoms with Crippen molar-refractivity contribution in [3.63, 3.8) is 0 Å². The fourth-order valence-electron chi connectivity index (χ4n) is 2.38. The number of hydrogen-bond donors (Lipinski definition) is 1. The van der Waals surface area contributed by atoms with Crippen molar-refractivity contribution in [3.05, 3.63) is 33.8 Å². The molecule has 0 bridgehead atoms. The Labute approximate surface area is 139 Å². The van der Waals surface area contributed by atoms with Crippen LogP contribution in [0.1, 0.15) is 24.8 Å². The highest BCUT2D eigenvalue weighted by Gasteiger charge is 2.24. The van der Waals surface area contributed by atoms with Crippen LogP contribution in [0.5, 0.6) is 0 Å². The highest BCUT2D eigenvalue weighted by atomic mass is 35.5. The van der Waals surface area contributed by atoms with E-state index in [0.29, 0.717) is 48.1 Å². The number of β-amino-alcohol motifs (C(OH)–C–C–N with tert-alkyl or cyclic N) is 1. The number of aliphatic hydroxyl groups is 1. The number of benzene rings is 1. The Balaban J connectivity index is 2.01. The molecule has 1 aromatic carbocycles. The third-order valence-electron chi connectivity index (χ3n) is 3.55. The Morgan fingerprint density at radius 1 is 1.41 bits per heavy atom. The second-order valence-electron chi connectivity index (χ2n) is 5.13. The van der Waals surface area contributed by atoms with Gasteiger partial charge in [0, 0.05) is 31.5 Å². The fraction of sp³-hybridized carbons (Fsp3) is 0.467. The molecule has 1 aliphatic heterocycles. The predicted molar refractivity (Wildman–Crippen MR) is 86.4 cm³/mol. The first-order valence-electron chi connectivity index (χ1n) is 7.02. The molecule has 1 aromatic rings. The van der Waals surface area contributed by atoms with Gasteiger partial charge >= 0.3 is 0 Å². The lowest BCUT2D eigenvalue weighted by Gasteiger charge is -2.15. The van der Waals surface area contributed by atoms with Crippen LogP contribution in [0.25, 0.3) is 0 Å². The molecule has 1 heterocycles. The van der Waals surface area contributed by atoms with Gasteiger partial charge in [-0.15, -0.1) is 0 Å². The lowest BCUT2D eigenvalue weighted by molar-refractivity contribution is -0.130. The van der Waals surface area contributed by atoms with Gasteiger partial charge in [-0.3, -0.25) is 4.79 Å². The van der Waals surface area contributed by atoms with Crippen LogP contribution in [0.4, 0.5) is 0 Å². The molecule has 0 aliphatic carbocycles. The number of halogens is 2. The molecule has 1 amide bonds. The van der Waals surface area contributed by atoms with E-state index in [-0.39, 0.29) is 5.91 Å². The van der Waals surface area contributed by atoms with Gasteiger partial charge in [0.05, 0.1) is 21.9 Å². The van der Waals surface area contributed by atoms with Crippen LogP contribution in [-0.2, 0) is 9.63 Å². The lowest BCUT2D eigenvalue weighted by atomic mass is 10.1. The number of rotatable bonds is 5. The summed E-state index contributed by atoms with van der Waals surface area (Å²) in [6.45, 7) is 1.01. The average Bonchev–Trinajstić information content (AvgIpc) is 2.93. The van der Waals surface area contributed by atoms with E-state index in [1.165, 1.54) is 7.11 Å². The molecule has 1 aliphatic rings. The van der Waals surface area contributed by atoms with Crippen LogP contribution in [0.2, 0.25) is 10.0 Å². The van der Waals surface area contributed by atoms with Crippen molar-refractivity contribution in [2.75, 3.05) is 20.2 Å². The smallest absolute Gasteiger partial charge is 0.223 e. The summed E-state index contributed by atoms with van der Waals surface area (Å²) < 4.78 is 0. The standard InChI is InChI=1S/C15H18Cl2N2O3/c1-22-18-14(10-2-3-12(16)13(17)8-10)4-5-15(21)19-7-6-11(20)9-19/h2-3,8,11,20H,4-7,9H2,1H3/b18-14-. The van der Waals surface area contributed by atoms with Crippen molar-refractivity contribution >= 4 is 34.8 Å². The van der Waals surface area contributed by atoms with E-state index in [1.807, 2.05) is 0 Å². The lowest BCUT2D eigenvalue weighted by Crippen LogP contribution is -2.29. The maximum absolute atomic E-state index is 12.1. The van der Waals surface area contributed by atoms with Gasteiger partial charge in [-0.2, -0.15) is 0 Å². The van der Waals surface area contributed by atoms with Gasteiger partial charge in [0.2, 0.25) is 5.91 Å². The Morgan fingerprint density at radius 3 is 2.77 bits per heavy atom. The normalized spacial score (nSPS) is 18.6. The van der Waals surface area contributed by atoms with Gasteiger partial charge in [-0.05, 0) is 18.6 Å². The monoisotopic (exact) mass is 344 g/mol. The zero-order valence-corrected chi connectivity index (χ0v) is 13.8. The summed E-state index contributed by atoms with van der Waals surface area (Å²) in [5.41, 5.74) is 1.40. The predicted octanol–water partition coefficient (Wildman–Crippen LogP) is 2.72. The number of carbonyl (C=O) groups is 1. The van der Waals surface area contributed by atoms with E-state index in [0.717, 1.165) is 5.56 Å². The minimum Gasteiger partial charge on any atom is -0.399 e. The zero-order chi connectivity index (χ0) is 16.1. The number of amides is 1. The first-order valence-corrected chi connectivity index (χ1v) is 7.78. The molecule has 0 spiro atoms. The fourth-order valence-corrected chi connectivity index (χ4v) is 2.68. The van der Waals surface area contributed by atoms with Crippen molar-refractivity contribution in [1.82, 2.24) is 4.90 Å². The SMILES string of the molecule is CO/N=C(/CCC(=O)N1CCC(O)C1)c1ccc(Cl)c(Cl)c1. The molecule has 120 valence electrons. The molecule has 5 nitrogen and oxygen atoms in total. The number of nitrogens with zero attached hydrogens (tertiary/aromatic N) is 2. The number of hydrogen-bond acceptors (Lipinski definition) is 4. The third-order valence-corrected chi connectivity index (χ3v) is 4.29.